The highest BCUT2D eigenvalue weighted by molar-refractivity contribution is 7.89. The number of sulfonamides is 1. The van der Waals surface area contributed by atoms with E-state index in [1.54, 1.807) is 19.1 Å². The summed E-state index contributed by atoms with van der Waals surface area (Å²) < 4.78 is 39.2. The molecule has 7 heteroatoms. The predicted molar refractivity (Wildman–Crippen MR) is 81.4 cm³/mol. The zero-order valence-corrected chi connectivity index (χ0v) is 12.2. The van der Waals surface area contributed by atoms with Crippen molar-refractivity contribution < 1.29 is 12.8 Å². The summed E-state index contributed by atoms with van der Waals surface area (Å²) in [6, 6.07) is 10.1. The first-order valence-corrected chi connectivity index (χ1v) is 7.82. The lowest BCUT2D eigenvalue weighted by molar-refractivity contribution is 0.584. The van der Waals surface area contributed by atoms with Crippen molar-refractivity contribution in [2.24, 2.45) is 0 Å². The van der Waals surface area contributed by atoms with Crippen LogP contribution in [0.4, 0.5) is 21.5 Å². The van der Waals surface area contributed by atoms with E-state index >= 15 is 0 Å². The van der Waals surface area contributed by atoms with Gasteiger partial charge in [0.2, 0.25) is 10.0 Å². The highest BCUT2D eigenvalue weighted by Gasteiger charge is 2.14. The molecule has 4 N–H and O–H groups in total. The van der Waals surface area contributed by atoms with Crippen LogP contribution in [-0.4, -0.2) is 15.0 Å². The molecule has 0 aliphatic rings. The quantitative estimate of drug-likeness (QED) is 0.741. The van der Waals surface area contributed by atoms with Crippen molar-refractivity contribution in [2.75, 3.05) is 17.6 Å². The number of anilines is 3. The Balaban J connectivity index is 2.33. The second kappa shape index (κ2) is 6.11. The van der Waals surface area contributed by atoms with Gasteiger partial charge < -0.3 is 11.1 Å². The molecule has 0 atom stereocenters. The normalized spacial score (nSPS) is 11.3. The first-order valence-electron chi connectivity index (χ1n) is 6.34. The van der Waals surface area contributed by atoms with E-state index in [4.69, 9.17) is 5.73 Å². The molecule has 2 rings (SSSR count). The molecule has 0 fully saturated rings. The molecule has 0 unspecified atom stereocenters. The summed E-state index contributed by atoms with van der Waals surface area (Å²) in [5.74, 6) is -0.350. The molecule has 0 amide bonds. The Hall–Kier alpha value is -2.12. The van der Waals surface area contributed by atoms with Gasteiger partial charge in [-0.15, -0.1) is 0 Å². The van der Waals surface area contributed by atoms with Crippen LogP contribution in [0.15, 0.2) is 47.4 Å². The second-order valence-electron chi connectivity index (χ2n) is 4.38. The highest BCUT2D eigenvalue weighted by Crippen LogP contribution is 2.26. The fraction of sp³-hybridized carbons (Fsp3) is 0.143. The second-order valence-corrected chi connectivity index (χ2v) is 6.15. The average molecular weight is 309 g/mol. The minimum absolute atomic E-state index is 0.114. The van der Waals surface area contributed by atoms with Crippen molar-refractivity contribution in [3.8, 4) is 0 Å². The van der Waals surface area contributed by atoms with Gasteiger partial charge in [0.15, 0.2) is 0 Å². The highest BCUT2D eigenvalue weighted by atomic mass is 32.2. The number of nitrogens with two attached hydrogens (primary N) is 1. The summed E-state index contributed by atoms with van der Waals surface area (Å²) in [4.78, 5) is 0.114. The van der Waals surface area contributed by atoms with Crippen molar-refractivity contribution in [1.82, 2.24) is 4.72 Å². The molecule has 112 valence electrons. The lowest BCUT2D eigenvalue weighted by Crippen LogP contribution is -2.23. The monoisotopic (exact) mass is 309 g/mol. The largest absolute Gasteiger partial charge is 0.397 e. The van der Waals surface area contributed by atoms with Crippen molar-refractivity contribution in [2.45, 2.75) is 11.8 Å². The topological polar surface area (TPSA) is 84.2 Å². The van der Waals surface area contributed by atoms with Crippen LogP contribution in [-0.2, 0) is 10.0 Å². The lowest BCUT2D eigenvalue weighted by Gasteiger charge is -2.12. The first-order chi connectivity index (χ1) is 9.92. The smallest absolute Gasteiger partial charge is 0.240 e. The summed E-state index contributed by atoms with van der Waals surface area (Å²) in [7, 11) is -3.55. The third kappa shape index (κ3) is 3.71. The molecule has 0 aliphatic heterocycles. The maximum absolute atomic E-state index is 12.9. The molecule has 5 nitrogen and oxygen atoms in total. The van der Waals surface area contributed by atoms with Gasteiger partial charge >= 0.3 is 0 Å². The minimum atomic E-state index is -3.55. The fourth-order valence-corrected chi connectivity index (χ4v) is 2.84. The maximum atomic E-state index is 12.9. The third-order valence-electron chi connectivity index (χ3n) is 2.79. The molecule has 0 bridgehead atoms. The molecular formula is C14H16FN3O2S. The Kier molecular flexibility index (Phi) is 4.44. The predicted octanol–water partition coefficient (Wildman–Crippen LogP) is 2.45. The number of nitrogens with one attached hydrogen (secondary N) is 2. The minimum Gasteiger partial charge on any atom is -0.397 e. The molecule has 0 heterocycles. The van der Waals surface area contributed by atoms with Crippen molar-refractivity contribution in [1.29, 1.82) is 0 Å². The molecule has 21 heavy (non-hydrogen) atoms. The summed E-state index contributed by atoms with van der Waals surface area (Å²) in [6.45, 7) is 2.00. The summed E-state index contributed by atoms with van der Waals surface area (Å²) in [5.41, 5.74) is 7.29. The van der Waals surface area contributed by atoms with Gasteiger partial charge in [-0.25, -0.2) is 17.5 Å². The van der Waals surface area contributed by atoms with Gasteiger partial charge in [0, 0.05) is 12.2 Å². The molecule has 0 aliphatic carbocycles. The van der Waals surface area contributed by atoms with Crippen LogP contribution < -0.4 is 15.8 Å². The lowest BCUT2D eigenvalue weighted by atomic mass is 10.2. The van der Waals surface area contributed by atoms with E-state index < -0.39 is 10.0 Å². The molecule has 0 radical (unpaired) electrons. The third-order valence-corrected chi connectivity index (χ3v) is 4.34. The van der Waals surface area contributed by atoms with E-state index in [1.165, 1.54) is 30.3 Å². The van der Waals surface area contributed by atoms with Crippen LogP contribution in [0.25, 0.3) is 0 Å². The van der Waals surface area contributed by atoms with Gasteiger partial charge in [-0.2, -0.15) is 0 Å². The van der Waals surface area contributed by atoms with Gasteiger partial charge in [-0.05, 0) is 42.5 Å². The Morgan fingerprint density at radius 1 is 1.14 bits per heavy atom. The number of benzene rings is 2. The Morgan fingerprint density at radius 3 is 2.43 bits per heavy atom. The fourth-order valence-electron chi connectivity index (χ4n) is 1.77. The number of hydrogen-bond acceptors (Lipinski definition) is 4. The molecule has 0 spiro atoms. The van der Waals surface area contributed by atoms with Crippen LogP contribution in [0.3, 0.4) is 0 Å². The number of rotatable bonds is 5. The Morgan fingerprint density at radius 2 is 1.81 bits per heavy atom. The van der Waals surface area contributed by atoms with E-state index in [2.05, 4.69) is 10.0 Å². The van der Waals surface area contributed by atoms with E-state index in [-0.39, 0.29) is 10.7 Å². The van der Waals surface area contributed by atoms with Crippen molar-refractivity contribution >= 4 is 27.1 Å². The number of halogens is 1. The van der Waals surface area contributed by atoms with Crippen LogP contribution in [0.5, 0.6) is 0 Å². The van der Waals surface area contributed by atoms with Crippen molar-refractivity contribution in [3.05, 3.63) is 48.3 Å². The molecule has 0 saturated carbocycles. The van der Waals surface area contributed by atoms with E-state index in [9.17, 15) is 12.8 Å². The van der Waals surface area contributed by atoms with Gasteiger partial charge in [-0.1, -0.05) is 6.92 Å². The van der Waals surface area contributed by atoms with Gasteiger partial charge in [0.1, 0.15) is 5.82 Å². The summed E-state index contributed by atoms with van der Waals surface area (Å²) in [6.07, 6.45) is 0. The Labute approximate surface area is 123 Å². The molecule has 2 aromatic carbocycles. The maximum Gasteiger partial charge on any atom is 0.240 e. The zero-order valence-electron chi connectivity index (χ0n) is 11.4. The summed E-state index contributed by atoms with van der Waals surface area (Å²) >= 11 is 0. The molecule has 0 aromatic heterocycles. The SMILES string of the molecule is CCNS(=O)(=O)c1ccc(N)c(Nc2ccc(F)cc2)c1. The standard InChI is InChI=1S/C14H16FN3O2S/c1-2-17-21(19,20)12-7-8-13(16)14(9-12)18-11-5-3-10(15)4-6-11/h3-9,17-18H,2,16H2,1H3. The van der Waals surface area contributed by atoms with Gasteiger partial charge in [0.25, 0.3) is 0 Å². The van der Waals surface area contributed by atoms with Crippen LogP contribution in [0, 0.1) is 5.82 Å². The zero-order chi connectivity index (χ0) is 15.5. The first kappa shape index (κ1) is 15.3. The van der Waals surface area contributed by atoms with Crippen LogP contribution in [0.2, 0.25) is 0 Å². The summed E-state index contributed by atoms with van der Waals surface area (Å²) in [5, 5.41) is 2.97. The molecule has 2 aromatic rings. The molecular weight excluding hydrogens is 293 g/mol. The number of nitrogen functional groups attached to an aromatic ring is 1. The average Bonchev–Trinajstić information content (AvgIpc) is 2.43. The van der Waals surface area contributed by atoms with Crippen LogP contribution in [0.1, 0.15) is 6.92 Å². The van der Waals surface area contributed by atoms with E-state index in [0.29, 0.717) is 23.6 Å². The molecule has 0 saturated heterocycles. The number of hydrogen-bond donors (Lipinski definition) is 3. The van der Waals surface area contributed by atoms with E-state index in [0.717, 1.165) is 0 Å². The van der Waals surface area contributed by atoms with Crippen LogP contribution >= 0.6 is 0 Å². The van der Waals surface area contributed by atoms with E-state index in [1.807, 2.05) is 0 Å². The Bertz CT molecular complexity index is 730. The van der Waals surface area contributed by atoms with Gasteiger partial charge in [0.05, 0.1) is 16.3 Å². The van der Waals surface area contributed by atoms with Gasteiger partial charge in [-0.3, -0.25) is 0 Å². The van der Waals surface area contributed by atoms with Crippen molar-refractivity contribution in [3.63, 3.8) is 0 Å².